The lowest BCUT2D eigenvalue weighted by Crippen LogP contribution is -2.09. The van der Waals surface area contributed by atoms with Crippen LogP contribution in [-0.4, -0.2) is 5.97 Å². The second-order valence-corrected chi connectivity index (χ2v) is 10.6. The number of hydrogen-bond acceptors (Lipinski definition) is 5. The molecule has 0 spiro atoms. The summed E-state index contributed by atoms with van der Waals surface area (Å²) in [6.45, 7) is -0.293. The molecule has 1 aliphatic carbocycles. The lowest BCUT2D eigenvalue weighted by molar-refractivity contribution is -0.138. The van der Waals surface area contributed by atoms with Gasteiger partial charge in [0.2, 0.25) is 0 Å². The third kappa shape index (κ3) is 6.84. The first kappa shape index (κ1) is 31.4. The number of ether oxygens (including phenoxy) is 2. The molecule has 1 aliphatic heterocycles. The standard InChI is InChI=1S/C36H22F6O5/c37-35(38,39)23-9-5-21(6-10-23)19-45-26-14-16-30-32(18-26)47-31-17-25(43)13-15-29(31)33(30)27-3-1-2-4-28(27)34(44)46-20-22-7-11-24(12-8-22)36(40,41)42/h1-18H,19-20H2. The summed E-state index contributed by atoms with van der Waals surface area (Å²) in [5.41, 5.74) is 0.971. The van der Waals surface area contributed by atoms with Gasteiger partial charge in [-0.3, -0.25) is 4.79 Å². The van der Waals surface area contributed by atoms with E-state index >= 15 is 0 Å². The summed E-state index contributed by atoms with van der Waals surface area (Å²) in [6.07, 6.45) is -8.95. The summed E-state index contributed by atoms with van der Waals surface area (Å²) >= 11 is 0. The number of alkyl halides is 6. The van der Waals surface area contributed by atoms with Crippen molar-refractivity contribution < 1.29 is 45.0 Å². The Morgan fingerprint density at radius 3 is 1.91 bits per heavy atom. The second kappa shape index (κ2) is 12.3. The quantitative estimate of drug-likeness (QED) is 0.0980. The molecule has 6 rings (SSSR count). The van der Waals surface area contributed by atoms with Crippen molar-refractivity contribution in [2.45, 2.75) is 25.6 Å². The fraction of sp³-hybridized carbons (Fsp3) is 0.111. The lowest BCUT2D eigenvalue weighted by Gasteiger charge is -2.18. The zero-order valence-electron chi connectivity index (χ0n) is 24.1. The van der Waals surface area contributed by atoms with Gasteiger partial charge in [0.1, 0.15) is 30.3 Å². The Morgan fingerprint density at radius 2 is 1.28 bits per heavy atom. The summed E-state index contributed by atoms with van der Waals surface area (Å²) < 4.78 is 94.9. The monoisotopic (exact) mass is 648 g/mol. The molecule has 1 heterocycles. The molecular weight excluding hydrogens is 626 g/mol. The van der Waals surface area contributed by atoms with E-state index in [9.17, 15) is 35.9 Å². The molecule has 0 unspecified atom stereocenters. The minimum atomic E-state index is -4.49. The number of carbonyl (C=O) groups excluding carboxylic acids is 1. The highest BCUT2D eigenvalue weighted by Gasteiger charge is 2.31. The fourth-order valence-electron chi connectivity index (χ4n) is 5.08. The van der Waals surface area contributed by atoms with Gasteiger partial charge in [0, 0.05) is 28.6 Å². The van der Waals surface area contributed by atoms with E-state index in [-0.39, 0.29) is 30.0 Å². The first-order chi connectivity index (χ1) is 22.4. The predicted octanol–water partition coefficient (Wildman–Crippen LogP) is 9.54. The van der Waals surface area contributed by atoms with E-state index in [1.165, 1.54) is 36.4 Å². The molecule has 2 aliphatic rings. The number of fused-ring (bicyclic) bond motifs is 2. The maximum atomic E-state index is 13.4. The van der Waals surface area contributed by atoms with Crippen LogP contribution in [0.5, 0.6) is 5.75 Å². The smallest absolute Gasteiger partial charge is 0.416 e. The van der Waals surface area contributed by atoms with Gasteiger partial charge in [-0.1, -0.05) is 42.5 Å². The van der Waals surface area contributed by atoms with Crippen LogP contribution in [0.4, 0.5) is 26.3 Å². The van der Waals surface area contributed by atoms with Gasteiger partial charge in [-0.15, -0.1) is 0 Å². The average molecular weight is 649 g/mol. The Hall–Kier alpha value is -5.58. The van der Waals surface area contributed by atoms with Crippen LogP contribution >= 0.6 is 0 Å². The molecule has 0 aromatic heterocycles. The van der Waals surface area contributed by atoms with Crippen LogP contribution < -0.4 is 10.2 Å². The predicted molar refractivity (Wildman–Crippen MR) is 161 cm³/mol. The molecule has 0 atom stereocenters. The van der Waals surface area contributed by atoms with E-state index in [4.69, 9.17) is 13.9 Å². The van der Waals surface area contributed by atoms with E-state index in [1.807, 2.05) is 0 Å². The first-order valence-corrected chi connectivity index (χ1v) is 14.1. The highest BCUT2D eigenvalue weighted by molar-refractivity contribution is 6.07. The van der Waals surface area contributed by atoms with Gasteiger partial charge < -0.3 is 13.9 Å². The minimum Gasteiger partial charge on any atom is -0.489 e. The van der Waals surface area contributed by atoms with E-state index in [2.05, 4.69) is 0 Å². The fourth-order valence-corrected chi connectivity index (χ4v) is 5.08. The average Bonchev–Trinajstić information content (AvgIpc) is 3.04. The van der Waals surface area contributed by atoms with Crippen LogP contribution in [0.25, 0.3) is 33.4 Å². The second-order valence-electron chi connectivity index (χ2n) is 10.6. The van der Waals surface area contributed by atoms with Crippen molar-refractivity contribution in [2.75, 3.05) is 0 Å². The van der Waals surface area contributed by atoms with Gasteiger partial charge in [0.25, 0.3) is 0 Å². The number of rotatable bonds is 7. The number of halogens is 6. The van der Waals surface area contributed by atoms with E-state index in [0.29, 0.717) is 44.5 Å². The van der Waals surface area contributed by atoms with Crippen LogP contribution in [-0.2, 0) is 30.3 Å². The zero-order valence-corrected chi connectivity index (χ0v) is 24.1. The summed E-state index contributed by atoms with van der Waals surface area (Å²) in [7, 11) is 0. The molecule has 47 heavy (non-hydrogen) atoms. The van der Waals surface area contributed by atoms with Crippen LogP contribution in [0.15, 0.2) is 118 Å². The third-order valence-corrected chi connectivity index (χ3v) is 7.42. The molecule has 0 bridgehead atoms. The maximum absolute atomic E-state index is 13.4. The first-order valence-electron chi connectivity index (χ1n) is 14.1. The van der Waals surface area contributed by atoms with Crippen LogP contribution in [0, 0.1) is 0 Å². The largest absolute Gasteiger partial charge is 0.489 e. The molecule has 4 aromatic carbocycles. The molecule has 0 saturated heterocycles. The SMILES string of the molecule is O=C(OCc1ccc(C(F)(F)F)cc1)c1ccccc1-c1c2ccc(=O)cc-2oc2cc(OCc3ccc(C(F)(F)F)cc3)ccc12. The topological polar surface area (TPSA) is 65.7 Å². The normalized spacial score (nSPS) is 12.0. The number of carbonyl (C=O) groups is 1. The Kier molecular flexibility index (Phi) is 8.23. The zero-order chi connectivity index (χ0) is 33.3. The summed E-state index contributed by atoms with van der Waals surface area (Å²) in [6, 6.07) is 24.6. The van der Waals surface area contributed by atoms with Crippen molar-refractivity contribution >= 4 is 16.9 Å². The van der Waals surface area contributed by atoms with Crippen molar-refractivity contribution in [3.8, 4) is 28.2 Å². The Balaban J connectivity index is 1.32. The van der Waals surface area contributed by atoms with Crippen molar-refractivity contribution in [1.29, 1.82) is 0 Å². The molecule has 11 heteroatoms. The van der Waals surface area contributed by atoms with Crippen molar-refractivity contribution in [1.82, 2.24) is 0 Å². The summed E-state index contributed by atoms with van der Waals surface area (Å²) in [5, 5.41) is 0.556. The van der Waals surface area contributed by atoms with Gasteiger partial charge in [-0.05, 0) is 71.3 Å². The Bertz CT molecular complexity index is 2100. The Morgan fingerprint density at radius 1 is 0.660 bits per heavy atom. The molecular formula is C36H22F6O5. The molecule has 5 nitrogen and oxygen atoms in total. The third-order valence-electron chi connectivity index (χ3n) is 7.42. The molecule has 4 aromatic rings. The van der Waals surface area contributed by atoms with Crippen molar-refractivity contribution in [3.05, 3.63) is 147 Å². The van der Waals surface area contributed by atoms with Gasteiger partial charge in [0.15, 0.2) is 5.43 Å². The summed E-state index contributed by atoms with van der Waals surface area (Å²) in [5.74, 6) is -0.152. The number of benzene rings is 5. The van der Waals surface area contributed by atoms with Gasteiger partial charge in [-0.25, -0.2) is 4.79 Å². The Labute approximate surface area is 262 Å². The van der Waals surface area contributed by atoms with Crippen molar-refractivity contribution in [2.24, 2.45) is 0 Å². The molecule has 238 valence electrons. The molecule has 0 fully saturated rings. The maximum Gasteiger partial charge on any atom is 0.416 e. The molecule has 0 saturated carbocycles. The van der Waals surface area contributed by atoms with Crippen LogP contribution in [0.3, 0.4) is 0 Å². The van der Waals surface area contributed by atoms with Crippen LogP contribution in [0.1, 0.15) is 32.6 Å². The van der Waals surface area contributed by atoms with E-state index < -0.39 is 29.4 Å². The molecule has 0 amide bonds. The highest BCUT2D eigenvalue weighted by atomic mass is 19.4. The van der Waals surface area contributed by atoms with Gasteiger partial charge >= 0.3 is 18.3 Å². The van der Waals surface area contributed by atoms with Crippen molar-refractivity contribution in [3.63, 3.8) is 0 Å². The number of esters is 1. The number of hydrogen-bond donors (Lipinski definition) is 0. The van der Waals surface area contributed by atoms with Crippen LogP contribution in [0.2, 0.25) is 0 Å². The van der Waals surface area contributed by atoms with E-state index in [1.54, 1.807) is 48.5 Å². The lowest BCUT2D eigenvalue weighted by atomic mass is 9.91. The molecule has 0 radical (unpaired) electrons. The van der Waals surface area contributed by atoms with Gasteiger partial charge in [-0.2, -0.15) is 26.3 Å². The molecule has 0 N–H and O–H groups in total. The van der Waals surface area contributed by atoms with E-state index in [0.717, 1.165) is 24.3 Å². The van der Waals surface area contributed by atoms with Gasteiger partial charge in [0.05, 0.1) is 16.7 Å². The minimum absolute atomic E-state index is 0.0254. The highest BCUT2D eigenvalue weighted by Crippen LogP contribution is 2.42. The summed E-state index contributed by atoms with van der Waals surface area (Å²) in [4.78, 5) is 25.6.